The number of rotatable bonds is 4. The van der Waals surface area contributed by atoms with E-state index in [0.717, 1.165) is 30.3 Å². The Morgan fingerprint density at radius 2 is 1.96 bits per heavy atom. The lowest BCUT2D eigenvalue weighted by Gasteiger charge is -2.30. The minimum atomic E-state index is 0.557. The molecule has 1 saturated heterocycles. The van der Waals surface area contributed by atoms with Crippen LogP contribution in [0, 0.1) is 11.8 Å². The predicted octanol–water partition coefficient (Wildman–Crippen LogP) is 3.37. The van der Waals surface area contributed by atoms with E-state index in [-0.39, 0.29) is 0 Å². The summed E-state index contributed by atoms with van der Waals surface area (Å²) in [5, 5.41) is 9.57. The van der Waals surface area contributed by atoms with Gasteiger partial charge in [0.25, 0.3) is 0 Å². The highest BCUT2D eigenvalue weighted by atomic mass is 15.3. The first-order valence-corrected chi connectivity index (χ1v) is 9.85. The molecule has 0 amide bonds. The van der Waals surface area contributed by atoms with E-state index in [0.29, 0.717) is 12.0 Å². The summed E-state index contributed by atoms with van der Waals surface area (Å²) in [4.78, 5) is 9.79. The molecule has 1 saturated carbocycles. The van der Waals surface area contributed by atoms with E-state index in [9.17, 15) is 0 Å². The average molecular weight is 359 g/mol. The maximum absolute atomic E-state index is 4.86. The van der Waals surface area contributed by atoms with Crippen LogP contribution in [0.1, 0.15) is 18.5 Å². The zero-order chi connectivity index (χ0) is 18.2. The first-order chi connectivity index (χ1) is 13.3. The van der Waals surface area contributed by atoms with Crippen LogP contribution in [0.5, 0.6) is 0 Å². The summed E-state index contributed by atoms with van der Waals surface area (Å²) in [5.41, 5.74) is 2.27. The molecule has 3 atom stereocenters. The van der Waals surface area contributed by atoms with E-state index in [1.807, 2.05) is 6.07 Å². The molecule has 0 bridgehead atoms. The number of hydrogen-bond acceptors (Lipinski definition) is 5. The highest BCUT2D eigenvalue weighted by Crippen LogP contribution is 2.41. The lowest BCUT2D eigenvalue weighted by Crippen LogP contribution is -2.38. The van der Waals surface area contributed by atoms with Crippen LogP contribution in [0.2, 0.25) is 0 Å². The number of hydrogen-bond donors (Lipinski definition) is 0. The Balaban J connectivity index is 1.29. The Labute approximate surface area is 160 Å². The first kappa shape index (κ1) is 16.6. The molecule has 3 heterocycles. The van der Waals surface area contributed by atoms with E-state index < -0.39 is 0 Å². The van der Waals surface area contributed by atoms with Gasteiger partial charge in [-0.3, -0.25) is 9.88 Å². The first-order valence-electron chi connectivity index (χ1n) is 9.85. The summed E-state index contributed by atoms with van der Waals surface area (Å²) in [6, 6.07) is 17.3. The lowest BCUT2D eigenvalue weighted by atomic mass is 9.97. The van der Waals surface area contributed by atoms with E-state index in [4.69, 9.17) is 4.98 Å². The van der Waals surface area contributed by atoms with Gasteiger partial charge in [-0.15, -0.1) is 5.10 Å². The number of para-hydroxylation sites is 1. The number of benzene rings is 1. The molecular weight excluding hydrogens is 334 g/mol. The van der Waals surface area contributed by atoms with Crippen molar-refractivity contribution in [2.45, 2.75) is 25.4 Å². The van der Waals surface area contributed by atoms with Crippen LogP contribution in [-0.2, 0) is 6.54 Å². The van der Waals surface area contributed by atoms with Crippen LogP contribution < -0.4 is 4.90 Å². The minimum Gasteiger partial charge on any atom is -0.355 e. The van der Waals surface area contributed by atoms with Gasteiger partial charge < -0.3 is 4.90 Å². The smallest absolute Gasteiger partial charge is 0.151 e. The summed E-state index contributed by atoms with van der Waals surface area (Å²) < 4.78 is 0. The quantitative estimate of drug-likeness (QED) is 0.715. The summed E-state index contributed by atoms with van der Waals surface area (Å²) >= 11 is 0. The fraction of sp³-hybridized carbons (Fsp3) is 0.409. The van der Waals surface area contributed by atoms with Crippen LogP contribution in [0.15, 0.2) is 54.7 Å². The number of likely N-dealkylation sites (tertiary alicyclic amines) is 1. The molecule has 5 nitrogen and oxygen atoms in total. The largest absolute Gasteiger partial charge is 0.355 e. The van der Waals surface area contributed by atoms with Gasteiger partial charge in [0.15, 0.2) is 5.82 Å². The van der Waals surface area contributed by atoms with Gasteiger partial charge in [-0.1, -0.05) is 24.3 Å². The Bertz CT molecular complexity index is 928. The molecule has 138 valence electrons. The van der Waals surface area contributed by atoms with Gasteiger partial charge in [0.2, 0.25) is 0 Å². The van der Waals surface area contributed by atoms with Gasteiger partial charge in [0.05, 0.1) is 11.2 Å². The molecule has 3 aromatic rings. The van der Waals surface area contributed by atoms with Crippen molar-refractivity contribution in [1.82, 2.24) is 20.1 Å². The summed E-state index contributed by atoms with van der Waals surface area (Å²) in [6.45, 7) is 3.28. The molecule has 0 spiro atoms. The van der Waals surface area contributed by atoms with Gasteiger partial charge >= 0.3 is 0 Å². The highest BCUT2D eigenvalue weighted by molar-refractivity contribution is 5.78. The maximum Gasteiger partial charge on any atom is 0.151 e. The molecule has 1 aliphatic heterocycles. The van der Waals surface area contributed by atoms with E-state index in [2.05, 4.69) is 69.5 Å². The third-order valence-electron chi connectivity index (χ3n) is 6.35. The Hall–Kier alpha value is -2.53. The van der Waals surface area contributed by atoms with Crippen LogP contribution in [-0.4, -0.2) is 46.3 Å². The molecule has 5 heteroatoms. The van der Waals surface area contributed by atoms with Crippen LogP contribution >= 0.6 is 0 Å². The third kappa shape index (κ3) is 3.16. The van der Waals surface area contributed by atoms with Crippen molar-refractivity contribution in [3.05, 3.63) is 60.4 Å². The molecule has 1 aliphatic carbocycles. The number of aromatic nitrogens is 3. The highest BCUT2D eigenvalue weighted by Gasteiger charge is 2.44. The van der Waals surface area contributed by atoms with E-state index in [1.165, 1.54) is 30.5 Å². The van der Waals surface area contributed by atoms with Crippen LogP contribution in [0.3, 0.4) is 0 Å². The number of pyridine rings is 1. The SMILES string of the molecule is CN(c1cccnn1)[C@@H]1CC[C@@H]2CN(Cc3ccc4ccccc4n3)C[C@@H]21. The van der Waals surface area contributed by atoms with Gasteiger partial charge in [-0.05, 0) is 48.9 Å². The molecular formula is C22H25N5. The third-order valence-corrected chi connectivity index (χ3v) is 6.35. The van der Waals surface area contributed by atoms with Gasteiger partial charge in [0.1, 0.15) is 0 Å². The number of nitrogens with zero attached hydrogens (tertiary/aromatic N) is 5. The van der Waals surface area contributed by atoms with Crippen molar-refractivity contribution in [3.63, 3.8) is 0 Å². The molecule has 5 rings (SSSR count). The molecule has 2 aromatic heterocycles. The molecule has 2 fully saturated rings. The summed E-state index contributed by atoms with van der Waals surface area (Å²) in [7, 11) is 2.17. The zero-order valence-electron chi connectivity index (χ0n) is 15.7. The maximum atomic E-state index is 4.86. The van der Waals surface area contributed by atoms with E-state index in [1.54, 1.807) is 6.20 Å². The second kappa shape index (κ2) is 6.89. The summed E-state index contributed by atoms with van der Waals surface area (Å²) in [5.74, 6) is 2.48. The zero-order valence-corrected chi connectivity index (χ0v) is 15.7. The molecule has 2 aliphatic rings. The minimum absolute atomic E-state index is 0.557. The topological polar surface area (TPSA) is 45.2 Å². The number of anilines is 1. The Kier molecular flexibility index (Phi) is 4.24. The molecule has 0 radical (unpaired) electrons. The molecule has 0 unspecified atom stereocenters. The van der Waals surface area contributed by atoms with Crippen LogP contribution in [0.4, 0.5) is 5.82 Å². The predicted molar refractivity (Wildman–Crippen MR) is 107 cm³/mol. The van der Waals surface area contributed by atoms with Gasteiger partial charge in [-0.2, -0.15) is 5.10 Å². The lowest BCUT2D eigenvalue weighted by molar-refractivity contribution is 0.294. The van der Waals surface area contributed by atoms with Gasteiger partial charge in [-0.25, -0.2) is 0 Å². The van der Waals surface area contributed by atoms with Gasteiger partial charge in [0, 0.05) is 44.3 Å². The fourth-order valence-corrected chi connectivity index (χ4v) is 5.02. The average Bonchev–Trinajstić information content (AvgIpc) is 3.28. The van der Waals surface area contributed by atoms with Crippen molar-refractivity contribution in [3.8, 4) is 0 Å². The molecule has 0 N–H and O–H groups in total. The van der Waals surface area contributed by atoms with Crippen molar-refractivity contribution < 1.29 is 0 Å². The standard InChI is InChI=1S/C22H25N5/c1-26(22-7-4-12-23-25-22)21-11-9-17-13-27(15-19(17)21)14-18-10-8-16-5-2-3-6-20(16)24-18/h2-8,10,12,17,19,21H,9,11,13-15H2,1H3/t17-,19+,21-/m1/s1. The van der Waals surface area contributed by atoms with Crippen molar-refractivity contribution in [2.75, 3.05) is 25.0 Å². The fourth-order valence-electron chi connectivity index (χ4n) is 5.02. The monoisotopic (exact) mass is 359 g/mol. The van der Waals surface area contributed by atoms with Crippen molar-refractivity contribution >= 4 is 16.7 Å². The second-order valence-electron chi connectivity index (χ2n) is 7.95. The Morgan fingerprint density at radius 1 is 1.04 bits per heavy atom. The van der Waals surface area contributed by atoms with Crippen molar-refractivity contribution in [1.29, 1.82) is 0 Å². The Morgan fingerprint density at radius 3 is 2.85 bits per heavy atom. The van der Waals surface area contributed by atoms with Crippen LogP contribution in [0.25, 0.3) is 10.9 Å². The summed E-state index contributed by atoms with van der Waals surface area (Å²) in [6.07, 6.45) is 4.30. The normalized spacial score (nSPS) is 25.0. The van der Waals surface area contributed by atoms with Crippen molar-refractivity contribution in [2.24, 2.45) is 11.8 Å². The second-order valence-corrected chi connectivity index (χ2v) is 7.95. The molecule has 27 heavy (non-hydrogen) atoms. The molecule has 1 aromatic carbocycles. The number of fused-ring (bicyclic) bond motifs is 2. The van der Waals surface area contributed by atoms with E-state index >= 15 is 0 Å².